The van der Waals surface area contributed by atoms with Crippen molar-refractivity contribution < 1.29 is 15.3 Å². The van der Waals surface area contributed by atoms with E-state index in [0.717, 1.165) is 44.1 Å². The third kappa shape index (κ3) is 2.68. The van der Waals surface area contributed by atoms with Crippen molar-refractivity contribution in [3.63, 3.8) is 0 Å². The lowest BCUT2D eigenvalue weighted by Crippen LogP contribution is -2.62. The molecule has 3 nitrogen and oxygen atoms in total. The number of benzene rings is 1. The van der Waals surface area contributed by atoms with Crippen LogP contribution in [0.3, 0.4) is 0 Å². The fourth-order valence-corrected chi connectivity index (χ4v) is 8.96. The van der Waals surface area contributed by atoms with Crippen LogP contribution >= 0.6 is 0 Å². The highest BCUT2D eigenvalue weighted by Crippen LogP contribution is 2.75. The Balaban J connectivity index is 1.63. The molecule has 0 aromatic heterocycles. The van der Waals surface area contributed by atoms with Gasteiger partial charge in [0, 0.05) is 10.8 Å². The van der Waals surface area contributed by atoms with Gasteiger partial charge in [-0.25, -0.2) is 0 Å². The second kappa shape index (κ2) is 6.61. The largest absolute Gasteiger partial charge is 0.512 e. The van der Waals surface area contributed by atoms with Gasteiger partial charge in [0.1, 0.15) is 0 Å². The van der Waals surface area contributed by atoms with E-state index in [9.17, 15) is 15.3 Å². The van der Waals surface area contributed by atoms with E-state index in [4.69, 9.17) is 0 Å². The van der Waals surface area contributed by atoms with Gasteiger partial charge in [0.15, 0.2) is 11.5 Å². The number of hydrogen-bond acceptors (Lipinski definition) is 3. The van der Waals surface area contributed by atoms with Crippen molar-refractivity contribution in [3.05, 3.63) is 46.7 Å². The molecule has 0 radical (unpaired) electrons. The van der Waals surface area contributed by atoms with Gasteiger partial charge in [-0.15, -0.1) is 0 Å². The van der Waals surface area contributed by atoms with E-state index >= 15 is 0 Å². The molecule has 180 valence electrons. The second-order valence-electron chi connectivity index (χ2n) is 13.2. The molecule has 3 N–H and O–H groups in total. The topological polar surface area (TPSA) is 60.7 Å². The summed E-state index contributed by atoms with van der Waals surface area (Å²) >= 11 is 0. The van der Waals surface area contributed by atoms with Gasteiger partial charge in [-0.2, -0.15) is 0 Å². The predicted octanol–water partition coefficient (Wildman–Crippen LogP) is 7.63. The smallest absolute Gasteiger partial charge is 0.160 e. The van der Waals surface area contributed by atoms with Crippen LogP contribution in [0.1, 0.15) is 96.3 Å². The average Bonchev–Trinajstić information content (AvgIpc) is 2.75. The summed E-state index contributed by atoms with van der Waals surface area (Å²) in [6.07, 6.45) is 11.1. The van der Waals surface area contributed by atoms with Crippen LogP contribution in [0.4, 0.5) is 0 Å². The molecule has 33 heavy (non-hydrogen) atoms. The Morgan fingerprint density at radius 1 is 0.970 bits per heavy atom. The zero-order valence-electron chi connectivity index (χ0n) is 21.4. The molecule has 0 amide bonds. The van der Waals surface area contributed by atoms with Crippen LogP contribution in [0.5, 0.6) is 11.5 Å². The summed E-state index contributed by atoms with van der Waals surface area (Å²) < 4.78 is 0. The van der Waals surface area contributed by atoms with Crippen molar-refractivity contribution in [1.82, 2.24) is 0 Å². The Labute approximate surface area is 199 Å². The van der Waals surface area contributed by atoms with E-state index < -0.39 is 0 Å². The number of fused-ring (bicyclic) bond motifs is 7. The van der Waals surface area contributed by atoms with Crippen LogP contribution < -0.4 is 0 Å². The van der Waals surface area contributed by atoms with Gasteiger partial charge in [-0.05, 0) is 103 Å². The third-order valence-corrected chi connectivity index (χ3v) is 11.8. The van der Waals surface area contributed by atoms with Gasteiger partial charge < -0.3 is 15.3 Å². The van der Waals surface area contributed by atoms with Gasteiger partial charge in [0.2, 0.25) is 0 Å². The summed E-state index contributed by atoms with van der Waals surface area (Å²) in [4.78, 5) is 0. The van der Waals surface area contributed by atoms with Crippen LogP contribution in [0.15, 0.2) is 30.1 Å². The van der Waals surface area contributed by atoms with Crippen molar-refractivity contribution in [2.45, 2.75) is 98.3 Å². The first-order chi connectivity index (χ1) is 15.2. The van der Waals surface area contributed by atoms with Gasteiger partial charge in [-0.1, -0.05) is 52.8 Å². The Bertz CT molecular complexity index is 1080. The molecule has 1 aromatic carbocycles. The summed E-state index contributed by atoms with van der Waals surface area (Å²) in [5.74, 6) is 0.930. The number of hydrogen-bond donors (Lipinski definition) is 3. The molecule has 0 unspecified atom stereocenters. The van der Waals surface area contributed by atoms with Crippen LogP contribution in [0.2, 0.25) is 0 Å². The summed E-state index contributed by atoms with van der Waals surface area (Å²) in [6, 6.07) is 1.84. The zero-order chi connectivity index (χ0) is 24.2. The summed E-state index contributed by atoms with van der Waals surface area (Å²) in [7, 11) is 0. The first kappa shape index (κ1) is 22.9. The highest BCUT2D eigenvalue weighted by Gasteiger charge is 2.66. The molecule has 3 heteroatoms. The number of phenolic OH excluding ortho intramolecular Hbond substituents is 2. The molecule has 3 fully saturated rings. The summed E-state index contributed by atoms with van der Waals surface area (Å²) in [5, 5.41) is 31.4. The maximum atomic E-state index is 10.5. The molecule has 3 saturated carbocycles. The van der Waals surface area contributed by atoms with Crippen LogP contribution in [0.25, 0.3) is 0 Å². The van der Waals surface area contributed by atoms with E-state index in [-0.39, 0.29) is 33.2 Å². The van der Waals surface area contributed by atoms with Crippen LogP contribution in [0, 0.1) is 34.5 Å². The van der Waals surface area contributed by atoms with Gasteiger partial charge >= 0.3 is 0 Å². The average molecular weight is 451 g/mol. The minimum Gasteiger partial charge on any atom is -0.512 e. The number of aliphatic hydroxyl groups excluding tert-OH is 1. The van der Waals surface area contributed by atoms with Crippen molar-refractivity contribution >= 4 is 0 Å². The Hall–Kier alpha value is -1.90. The van der Waals surface area contributed by atoms with Crippen LogP contribution in [-0.4, -0.2) is 15.3 Å². The van der Waals surface area contributed by atoms with Crippen molar-refractivity contribution in [2.75, 3.05) is 0 Å². The lowest BCUT2D eigenvalue weighted by atomic mass is 9.34. The monoisotopic (exact) mass is 450 g/mol. The number of aromatic hydroxyl groups is 2. The minimum atomic E-state index is -0.194. The molecule has 0 aliphatic heterocycles. The highest BCUT2D eigenvalue weighted by molar-refractivity contribution is 5.60. The van der Waals surface area contributed by atoms with Crippen LogP contribution in [-0.2, 0) is 11.8 Å². The molecule has 5 rings (SSSR count). The van der Waals surface area contributed by atoms with Crippen molar-refractivity contribution in [3.8, 4) is 11.5 Å². The number of phenols is 2. The SMILES string of the molecule is C=C(O)[C@]1(C)CC[C@]2(C)CC[C@]3(C)C4=CCc5c(cc(O)c(O)c5C)[C@]4(C)CC[C@@]3(C)[C@@H]2C1. The third-order valence-electron chi connectivity index (χ3n) is 11.8. The molecule has 6 atom stereocenters. The Kier molecular flexibility index (Phi) is 4.58. The van der Waals surface area contributed by atoms with Gasteiger partial charge in [0.25, 0.3) is 0 Å². The normalized spacial score (nSPS) is 44.1. The maximum Gasteiger partial charge on any atom is 0.160 e. The first-order valence-corrected chi connectivity index (χ1v) is 12.9. The highest BCUT2D eigenvalue weighted by atomic mass is 16.3. The summed E-state index contributed by atoms with van der Waals surface area (Å²) in [6.45, 7) is 18.0. The summed E-state index contributed by atoms with van der Waals surface area (Å²) in [5.41, 5.74) is 4.97. The standard InChI is InChI=1S/C30H42O3/c1-18-20-8-9-23-28(5,21(20)16-22(32)25(18)33)13-15-30(7)24-17-27(4,19(2)31)11-10-26(24,3)12-14-29(23,30)6/h9,16,24,31-33H,2,8,10-15,17H2,1,3-7H3/t24-,26-,27-,28+,29-,30+/m1/s1. The lowest BCUT2D eigenvalue weighted by molar-refractivity contribution is -0.157. The van der Waals surface area contributed by atoms with E-state index in [1.807, 2.05) is 13.0 Å². The predicted molar refractivity (Wildman–Crippen MR) is 134 cm³/mol. The van der Waals surface area contributed by atoms with E-state index in [2.05, 4.69) is 47.3 Å². The number of rotatable bonds is 1. The molecular weight excluding hydrogens is 408 g/mol. The van der Waals surface area contributed by atoms with E-state index in [1.165, 1.54) is 29.5 Å². The van der Waals surface area contributed by atoms with Gasteiger partial charge in [-0.3, -0.25) is 0 Å². The molecule has 0 spiro atoms. The minimum absolute atomic E-state index is 0.00735. The zero-order valence-corrected chi connectivity index (χ0v) is 21.4. The number of allylic oxidation sites excluding steroid dienone is 3. The molecule has 4 aliphatic rings. The lowest BCUT2D eigenvalue weighted by Gasteiger charge is -2.70. The molecule has 0 heterocycles. The fourth-order valence-electron chi connectivity index (χ4n) is 8.96. The fraction of sp³-hybridized carbons (Fsp3) is 0.667. The molecular formula is C30H42O3. The maximum absolute atomic E-state index is 10.5. The Morgan fingerprint density at radius 2 is 1.64 bits per heavy atom. The van der Waals surface area contributed by atoms with Crippen molar-refractivity contribution in [1.29, 1.82) is 0 Å². The van der Waals surface area contributed by atoms with E-state index in [0.29, 0.717) is 17.1 Å². The quantitative estimate of drug-likeness (QED) is 0.234. The van der Waals surface area contributed by atoms with E-state index in [1.54, 1.807) is 0 Å². The molecule has 0 bridgehead atoms. The number of aliphatic hydroxyl groups is 1. The first-order valence-electron chi connectivity index (χ1n) is 12.9. The molecule has 1 aromatic rings. The van der Waals surface area contributed by atoms with Crippen molar-refractivity contribution in [2.24, 2.45) is 27.6 Å². The second-order valence-corrected chi connectivity index (χ2v) is 13.2. The molecule has 0 saturated heterocycles. The van der Waals surface area contributed by atoms with Gasteiger partial charge in [0.05, 0.1) is 5.76 Å². The Morgan fingerprint density at radius 3 is 2.30 bits per heavy atom. The molecule has 4 aliphatic carbocycles.